The monoisotopic (exact) mass is 1990 g/mol. The molecule has 39 nitrogen and oxygen atoms in total. The number of carboxylic acid groups (broad SMARTS) is 2. The van der Waals surface area contributed by atoms with E-state index in [4.69, 9.17) is 38.3 Å². The molecule has 0 aliphatic carbocycles. The molecule has 131 heavy (non-hydrogen) atoms. The number of rotatable bonds is 58. The molecule has 0 radical (unpaired) electrons. The summed E-state index contributed by atoms with van der Waals surface area (Å²) in [5, 5.41) is 18.3. The zero-order valence-corrected chi connectivity index (χ0v) is 80.0. The third-order valence-electron chi connectivity index (χ3n) is 23.0. The van der Waals surface area contributed by atoms with Gasteiger partial charge in [-0.2, -0.15) is 26.0 Å². The van der Waals surface area contributed by atoms with Gasteiger partial charge in [-0.25, -0.2) is 50.5 Å². The summed E-state index contributed by atoms with van der Waals surface area (Å²) in [6.45, 7) is 11.9. The number of methoxy groups -OCH3 is 2. The van der Waals surface area contributed by atoms with Crippen molar-refractivity contribution in [1.82, 2.24) is 0 Å². The summed E-state index contributed by atoms with van der Waals surface area (Å²) in [7, 11) is -34.7. The third-order valence-corrected chi connectivity index (χ3v) is 29.5. The Morgan fingerprint density at radius 3 is 1.07 bits per heavy atom. The van der Waals surface area contributed by atoms with E-state index < -0.39 is 152 Å². The topological polar surface area (TPSA) is 604 Å². The van der Waals surface area contributed by atoms with Gasteiger partial charge in [-0.05, 0) is 189 Å². The lowest BCUT2D eigenvalue weighted by molar-refractivity contribution is -0.438. The normalized spacial score (nSPS) is 19.7. The minimum Gasteiger partial charge on any atom is -0.748 e. The first-order valence-corrected chi connectivity index (χ1v) is 53.9. The molecule has 0 bridgehead atoms. The summed E-state index contributed by atoms with van der Waals surface area (Å²) in [5.41, 5.74) is 1.35. The van der Waals surface area contributed by atoms with Crippen LogP contribution in [0.4, 0.5) is 22.7 Å². The lowest BCUT2D eigenvalue weighted by atomic mass is 9.75. The average molecular weight is 2000 g/mol. The van der Waals surface area contributed by atoms with Crippen LogP contribution in [0.3, 0.4) is 0 Å². The van der Waals surface area contributed by atoms with Crippen LogP contribution < -0.4 is 9.80 Å². The predicted octanol–water partition coefficient (Wildman–Crippen LogP) is 7.35. The van der Waals surface area contributed by atoms with Gasteiger partial charge in [0, 0.05) is 139 Å². The van der Waals surface area contributed by atoms with Gasteiger partial charge >= 0.3 is 11.9 Å². The Morgan fingerprint density at radius 2 is 0.702 bits per heavy atom. The third kappa shape index (κ3) is 32.6. The van der Waals surface area contributed by atoms with E-state index in [0.717, 1.165) is 12.1 Å². The van der Waals surface area contributed by atoms with Crippen LogP contribution in [0.2, 0.25) is 0 Å². The fourth-order valence-corrected chi connectivity index (χ4v) is 20.7. The summed E-state index contributed by atoms with van der Waals surface area (Å²) < 4.78 is 325. The molecular formula is C84H114N4O35S8-4. The fraction of sp³-hybridized carbons (Fsp3) is 0.548. The summed E-state index contributed by atoms with van der Waals surface area (Å²) in [5.74, 6) is -4.65. The van der Waals surface area contributed by atoms with Crippen molar-refractivity contribution in [3.05, 3.63) is 155 Å². The van der Waals surface area contributed by atoms with Gasteiger partial charge in [0.1, 0.15) is 43.4 Å². The number of benzene rings is 4. The first-order valence-electron chi connectivity index (χ1n) is 41.9. The zero-order chi connectivity index (χ0) is 97.2. The van der Waals surface area contributed by atoms with Gasteiger partial charge < -0.3 is 80.5 Å². The van der Waals surface area contributed by atoms with Crippen molar-refractivity contribution in [3.8, 4) is 0 Å². The number of hydrogen-bond acceptors (Lipinski definition) is 33. The van der Waals surface area contributed by atoms with Crippen LogP contribution in [0.25, 0.3) is 0 Å². The van der Waals surface area contributed by atoms with Crippen LogP contribution in [0.1, 0.15) is 153 Å². The maximum Gasteiger partial charge on any atom is 0.303 e. The largest absolute Gasteiger partial charge is 0.748 e. The Balaban J connectivity index is 0.000000365. The quantitative estimate of drug-likeness (QED) is 0.0145. The summed E-state index contributed by atoms with van der Waals surface area (Å²) >= 11 is 0. The van der Waals surface area contributed by atoms with Crippen molar-refractivity contribution in [1.29, 1.82) is 0 Å². The molecule has 732 valence electrons. The highest BCUT2D eigenvalue weighted by Crippen LogP contribution is 2.54. The van der Waals surface area contributed by atoms with E-state index in [-0.39, 0.29) is 115 Å². The number of allylic oxidation sites excluding steroid dienone is 10. The Labute approximate surface area is 766 Å². The standard InChI is InChI=1S/C46H68N2O20S4.C38H50N2O15S4/c1-45(17-8-32-69(51,52)53)38-34-36(71(57,58)59)13-15-40(38)47(19-6-4-5-12-44(49)50)42(45)10-7-11-43-46(2,18-9-33-70(54,55)56)39-35-37(72(60,61)62)14-16-41(39)48(43)20-21-64-24-25-66-28-29-68-31-30-67-27-26-65-23-22-63-3;1-37(19-10-24-56(43,44)45)30-26-28(58(49,50)51)15-17-32(30)39(21-9-5-8-14-36(41)42)34(37)12-6-4-7-13-35-38(2,20-11-25-57(46,47)48)31-27-29(59(52,53)54)16-18-33(31)40(35)22-23-55-3/h7,10-11,13-16,34-35H,4-6,8-9,12,17-33H2,1-3H3,(H4-,49,50,51,52,53,54,55,56,57,58,59,60,61,62);4,6-7,12-13,15-18,26-27H,5,8-11,14,19-25H2,1-3H3,(H4-,41,42,43,44,45,46,47,48,49,50,51,52,53,54)/p-4. The van der Waals surface area contributed by atoms with Crippen molar-refractivity contribution in [2.24, 2.45) is 0 Å². The molecule has 0 aromatic heterocycles. The molecule has 0 saturated heterocycles. The second-order valence-electron chi connectivity index (χ2n) is 32.4. The molecule has 0 fully saturated rings. The number of ether oxygens (including phenoxy) is 7. The van der Waals surface area contributed by atoms with E-state index >= 15 is 0 Å². The highest BCUT2D eigenvalue weighted by atomic mass is 32.2. The predicted molar refractivity (Wildman–Crippen MR) is 474 cm³/mol. The molecule has 47 heteroatoms. The van der Waals surface area contributed by atoms with Crippen LogP contribution in [0.5, 0.6) is 0 Å². The van der Waals surface area contributed by atoms with Crippen molar-refractivity contribution in [3.63, 3.8) is 0 Å². The molecule has 0 spiro atoms. The molecule has 4 aliphatic rings. The van der Waals surface area contributed by atoms with E-state index in [0.29, 0.717) is 166 Å². The van der Waals surface area contributed by atoms with Gasteiger partial charge in [-0.1, -0.05) is 24.3 Å². The van der Waals surface area contributed by atoms with Crippen LogP contribution in [-0.2, 0) is 145 Å². The number of hydrogen-bond donors (Lipinski definition) is 4. The van der Waals surface area contributed by atoms with Crippen LogP contribution in [-0.4, -0.2) is 289 Å². The lowest BCUT2D eigenvalue weighted by Crippen LogP contribution is -2.32. The average Bonchev–Trinajstić information content (AvgIpc) is 1.58. The second kappa shape index (κ2) is 48.3. The van der Waals surface area contributed by atoms with E-state index in [1.807, 2.05) is 19.0 Å². The molecule has 0 amide bonds. The van der Waals surface area contributed by atoms with Crippen molar-refractivity contribution >= 4 is 127 Å². The number of aliphatic carboxylic acids is 2. The molecule has 4 N–H and O–H groups in total. The Hall–Kier alpha value is -7.54. The van der Waals surface area contributed by atoms with Gasteiger partial charge in [-0.15, -0.1) is 0 Å². The maximum absolute atomic E-state index is 12.3. The SMILES string of the molecule is COCCN1C(=CC=CC=CC2=[N+](CCCCCC(=O)O)c3ccc(S(=O)(=O)[O-])cc3C2(C)CCCS(=O)(=O)[O-])C(C)(CCCS(=O)(=O)O)c2cc(S(=O)(=O)O)ccc21.COCCOCCOCCOCCOCCOCCN1/C(=C/C=C/C2=[N+](CCCCCC(=O)O)c3ccc(S(=O)(=O)[O-])cc3C2(C)CCCS(=O)(=O)[O-])C(C)(CCCS(=O)(=O)[O-])c2cc(S(=O)(=O)[O-])ccc21. The molecule has 4 aliphatic heterocycles. The minimum atomic E-state index is -4.98. The molecule has 4 aromatic rings. The number of carbonyl (C=O) groups is 2. The Morgan fingerprint density at radius 1 is 0.374 bits per heavy atom. The van der Waals surface area contributed by atoms with Crippen LogP contribution in [0, 0.1) is 0 Å². The number of carboxylic acids is 2. The van der Waals surface area contributed by atoms with E-state index in [9.17, 15) is 118 Å². The highest BCUT2D eigenvalue weighted by molar-refractivity contribution is 7.87. The van der Waals surface area contributed by atoms with Crippen molar-refractivity contribution < 1.29 is 166 Å². The summed E-state index contributed by atoms with van der Waals surface area (Å²) in [6, 6.07) is 15.7. The van der Waals surface area contributed by atoms with Gasteiger partial charge in [0.15, 0.2) is 11.4 Å². The van der Waals surface area contributed by atoms with Gasteiger partial charge in [0.25, 0.3) is 20.2 Å². The fourth-order valence-electron chi connectivity index (χ4n) is 16.7. The summed E-state index contributed by atoms with van der Waals surface area (Å²) in [6.07, 6.45) is 16.0. The van der Waals surface area contributed by atoms with Gasteiger partial charge in [0.05, 0.1) is 146 Å². The first kappa shape index (κ1) is 110. The number of nitrogens with zero attached hydrogens (tertiary/aromatic N) is 4. The number of anilines is 2. The highest BCUT2D eigenvalue weighted by Gasteiger charge is 2.51. The summed E-state index contributed by atoms with van der Waals surface area (Å²) in [4.78, 5) is 24.1. The molecule has 4 unspecified atom stereocenters. The first-order chi connectivity index (χ1) is 61.1. The molecule has 4 aromatic carbocycles. The Bertz CT molecular complexity index is 5900. The van der Waals surface area contributed by atoms with E-state index in [2.05, 4.69) is 0 Å². The molecule has 0 saturated carbocycles. The maximum atomic E-state index is 12.3. The molecular weight excluding hydrogens is 1880 g/mol. The minimum absolute atomic E-state index is 0.00341. The number of unbranched alkanes of at least 4 members (excludes halogenated alkanes) is 4. The number of fused-ring (bicyclic) bond motifs is 4. The lowest BCUT2D eigenvalue weighted by Gasteiger charge is -2.31. The van der Waals surface area contributed by atoms with Crippen molar-refractivity contribution in [2.75, 3.05) is 152 Å². The Kier molecular flexibility index (Phi) is 40.7. The molecule has 4 atom stereocenters. The molecule has 4 heterocycles. The van der Waals surface area contributed by atoms with Crippen LogP contribution in [0.15, 0.2) is 152 Å². The van der Waals surface area contributed by atoms with Crippen molar-refractivity contribution in [2.45, 2.75) is 172 Å². The van der Waals surface area contributed by atoms with E-state index in [1.165, 1.54) is 67.8 Å². The smallest absolute Gasteiger partial charge is 0.303 e. The van der Waals surface area contributed by atoms with Gasteiger partial charge in [-0.3, -0.25) is 18.7 Å². The molecule has 8 rings (SSSR count). The van der Waals surface area contributed by atoms with Crippen LogP contribution >= 0.6 is 0 Å². The van der Waals surface area contributed by atoms with E-state index in [1.54, 1.807) is 83.4 Å². The second-order valence-corrected chi connectivity index (χ2v) is 44.1. The van der Waals surface area contributed by atoms with Gasteiger partial charge in [0.2, 0.25) is 11.4 Å². The zero-order valence-electron chi connectivity index (χ0n) is 73.5.